The summed E-state index contributed by atoms with van der Waals surface area (Å²) >= 11 is -0.556. The number of hydrogen-bond donors (Lipinski definition) is 0. The Kier molecular flexibility index (Phi) is 9.69. The minimum atomic E-state index is -1.75. The van der Waals surface area contributed by atoms with E-state index in [2.05, 4.69) is 84.5 Å². The van der Waals surface area contributed by atoms with Crippen LogP contribution in [0.15, 0.2) is 72.4 Å². The summed E-state index contributed by atoms with van der Waals surface area (Å²) in [6.45, 7) is 6.24. The first kappa shape index (κ1) is 27.9. The maximum absolute atomic E-state index is 5.32. The van der Waals surface area contributed by atoms with Gasteiger partial charge in [-0.15, -0.1) is 6.67 Å². The zero-order valence-electron chi connectivity index (χ0n) is 21.4. The number of halogens is 2. The zero-order valence-corrected chi connectivity index (χ0v) is 25.4. The van der Waals surface area contributed by atoms with Crippen molar-refractivity contribution in [2.75, 3.05) is 6.67 Å². The Morgan fingerprint density at radius 2 is 1.37 bits per heavy atom. The van der Waals surface area contributed by atoms with E-state index in [-0.39, 0.29) is 7.43 Å². The van der Waals surface area contributed by atoms with Crippen LogP contribution >= 0.6 is 18.6 Å². The molecule has 1 heterocycles. The molecule has 0 amide bonds. The van der Waals surface area contributed by atoms with Crippen LogP contribution in [0.25, 0.3) is 5.32 Å². The molecule has 1 aliphatic heterocycles. The van der Waals surface area contributed by atoms with Crippen LogP contribution < -0.4 is 0 Å². The van der Waals surface area contributed by atoms with Crippen LogP contribution in [0.2, 0.25) is 18.6 Å². The molecule has 6 aliphatic rings. The van der Waals surface area contributed by atoms with Gasteiger partial charge in [-0.1, -0.05) is 111 Å². The molecule has 2 saturated carbocycles. The summed E-state index contributed by atoms with van der Waals surface area (Å²) in [4.78, 5) is 0. The fraction of sp³-hybridized carbons (Fsp3) is 0.552. The second-order valence-electron chi connectivity index (χ2n) is 11.2. The van der Waals surface area contributed by atoms with Gasteiger partial charge in [0, 0.05) is 6.04 Å². The summed E-state index contributed by atoms with van der Waals surface area (Å²) in [7, 11) is 8.03. The van der Waals surface area contributed by atoms with E-state index in [0.29, 0.717) is 35.8 Å². The Morgan fingerprint density at radius 1 is 0.829 bits per heavy atom. The van der Waals surface area contributed by atoms with Crippen molar-refractivity contribution in [3.63, 3.8) is 0 Å². The second kappa shape index (κ2) is 12.2. The van der Waals surface area contributed by atoms with E-state index >= 15 is 0 Å². The zero-order chi connectivity index (χ0) is 23.7. The molecule has 5 unspecified atom stereocenters. The predicted octanol–water partition coefficient (Wildman–Crippen LogP) is 8.58. The molecule has 6 heteroatoms. The van der Waals surface area contributed by atoms with Gasteiger partial charge < -0.3 is 17.3 Å². The fourth-order valence-corrected chi connectivity index (χ4v) is 12.4. The average Bonchev–Trinajstić information content (AvgIpc) is 3.45. The van der Waals surface area contributed by atoms with Crippen LogP contribution in [0.3, 0.4) is 0 Å². The molecular weight excluding hydrogens is 523 g/mol. The first-order valence-electron chi connectivity index (χ1n) is 13.1. The van der Waals surface area contributed by atoms with E-state index in [1.807, 2.05) is 0 Å². The third-order valence-electron chi connectivity index (χ3n) is 9.40. The molecule has 190 valence electrons. The van der Waals surface area contributed by atoms with Crippen LogP contribution in [-0.4, -0.2) is 31.6 Å². The quantitative estimate of drug-likeness (QED) is 0.248. The molecule has 0 aromatic rings. The average molecular weight is 564 g/mol. The van der Waals surface area contributed by atoms with Crippen LogP contribution in [0, 0.1) is 37.0 Å². The van der Waals surface area contributed by atoms with Crippen molar-refractivity contribution in [2.45, 2.75) is 62.8 Å². The topological polar surface area (TPSA) is 17.3 Å². The maximum atomic E-state index is 5.32. The molecule has 6 atom stereocenters. The van der Waals surface area contributed by atoms with Gasteiger partial charge >= 0.3 is 35.6 Å². The van der Waals surface area contributed by atoms with E-state index in [1.54, 1.807) is 5.57 Å². The van der Waals surface area contributed by atoms with Crippen molar-refractivity contribution >= 4 is 26.8 Å². The van der Waals surface area contributed by atoms with Crippen molar-refractivity contribution in [1.29, 1.82) is 0 Å². The van der Waals surface area contributed by atoms with Crippen molar-refractivity contribution in [3.8, 4) is 0 Å². The predicted molar refractivity (Wildman–Crippen MR) is 151 cm³/mol. The summed E-state index contributed by atoms with van der Waals surface area (Å²) in [5, 5.41) is 5.32. The summed E-state index contributed by atoms with van der Waals surface area (Å²) in [5.74, 6) is 3.46. The number of fused-ring (bicyclic) bond motifs is 4. The molecular formula is C29H40Cl2N2SiTi-2. The molecule has 0 aromatic carbocycles. The van der Waals surface area contributed by atoms with Crippen LogP contribution in [0.4, 0.5) is 0 Å². The Hall–Kier alpha value is -0.129. The summed E-state index contributed by atoms with van der Waals surface area (Å²) < 4.78 is 2.90. The number of hydrogen-bond acceptors (Lipinski definition) is 1. The molecule has 0 aromatic heterocycles. The number of rotatable bonds is 3. The number of nitrogens with zero attached hydrogens (tertiary/aromatic N) is 2. The van der Waals surface area contributed by atoms with Gasteiger partial charge in [0.05, 0.1) is 0 Å². The molecule has 5 aliphatic carbocycles. The molecule has 0 radical (unpaired) electrons. The first-order valence-corrected chi connectivity index (χ1v) is 20.4. The Balaban J connectivity index is 0.000000689. The third kappa shape index (κ3) is 5.26. The van der Waals surface area contributed by atoms with E-state index in [4.69, 9.17) is 23.9 Å². The second-order valence-corrected chi connectivity index (χ2v) is 18.3. The monoisotopic (exact) mass is 562 g/mol. The van der Waals surface area contributed by atoms with Crippen molar-refractivity contribution in [3.05, 3.63) is 85.2 Å². The molecule has 3 fully saturated rings. The molecule has 35 heavy (non-hydrogen) atoms. The first-order chi connectivity index (χ1) is 16.6. The summed E-state index contributed by atoms with van der Waals surface area (Å²) in [6, 6.07) is 0.906. The molecule has 0 bridgehead atoms. The van der Waals surface area contributed by atoms with Crippen molar-refractivity contribution < 1.29 is 17.0 Å². The molecule has 0 spiro atoms. The van der Waals surface area contributed by atoms with E-state index < -0.39 is 25.3 Å². The third-order valence-corrected chi connectivity index (χ3v) is 13.7. The van der Waals surface area contributed by atoms with Gasteiger partial charge in [0.15, 0.2) is 0 Å². The Bertz CT molecular complexity index is 884. The Labute approximate surface area is 231 Å². The van der Waals surface area contributed by atoms with Gasteiger partial charge in [-0.05, 0) is 48.0 Å². The summed E-state index contributed by atoms with van der Waals surface area (Å²) in [5.41, 5.74) is 2.40. The van der Waals surface area contributed by atoms with Gasteiger partial charge in [-0.25, -0.2) is 0 Å². The normalized spacial score (nSPS) is 37.5. The van der Waals surface area contributed by atoms with Crippen molar-refractivity contribution in [2.24, 2.45) is 29.6 Å². The van der Waals surface area contributed by atoms with Crippen molar-refractivity contribution in [1.82, 2.24) is 4.57 Å². The van der Waals surface area contributed by atoms with Crippen LogP contribution in [-0.2, 0) is 17.0 Å². The van der Waals surface area contributed by atoms with Crippen LogP contribution in [0.1, 0.15) is 32.1 Å². The fourth-order valence-electron chi connectivity index (χ4n) is 7.98. The van der Waals surface area contributed by atoms with E-state index in [0.717, 1.165) is 18.1 Å². The molecule has 0 N–H and O–H groups in total. The van der Waals surface area contributed by atoms with Gasteiger partial charge in [0.25, 0.3) is 0 Å². The standard InChI is InChI=1S/C28H37N2Si.CH3.2ClH.Ti/c1-31(2,28-24-15-8-6-13-22(24)23-14-7-9-16-25(23)28)30-19-29-27-21(17-10-18-26(27)30)20-11-4-3-5-12-20;;;;/h6-10,13-18,20,22-28H,3-5,11-12,19H2,1-2H3;1H3;2*1H;/q2*-1;;;+2/p-2/t22?,23?,24?,25?,26-,27?,28?;;;;/m1..../s1. The van der Waals surface area contributed by atoms with Gasteiger partial charge in [-0.3, -0.25) is 0 Å². The molecule has 1 saturated heterocycles. The van der Waals surface area contributed by atoms with E-state index in [1.165, 1.54) is 32.1 Å². The van der Waals surface area contributed by atoms with Gasteiger partial charge in [0.1, 0.15) is 8.24 Å². The van der Waals surface area contributed by atoms with Gasteiger partial charge in [0.2, 0.25) is 0 Å². The summed E-state index contributed by atoms with van der Waals surface area (Å²) in [6.07, 6.45) is 33.5. The van der Waals surface area contributed by atoms with E-state index in [9.17, 15) is 0 Å². The molecule has 6 rings (SSSR count). The molecule has 2 nitrogen and oxygen atoms in total. The SMILES string of the molecule is C[Si](C)(C1C2C=CC=CC2C2C=CC=CC21)N1C[N-]C2C(C3CCCCC3)=CC=C[C@H]21.[CH3-].[Cl][Ti][Cl]. The Morgan fingerprint density at radius 3 is 1.94 bits per heavy atom. The number of allylic oxidation sites excluding steroid dienone is 10. The van der Waals surface area contributed by atoms with Crippen LogP contribution in [0.5, 0.6) is 0 Å². The minimum absolute atomic E-state index is 0. The van der Waals surface area contributed by atoms with Gasteiger partial charge in [-0.2, -0.15) is 0 Å².